The Bertz CT molecular complexity index is 535. The van der Waals surface area contributed by atoms with Gasteiger partial charge in [0.2, 0.25) is 5.13 Å². The number of hydrogen-bond acceptors (Lipinski definition) is 5. The zero-order valence-electron chi connectivity index (χ0n) is 10.2. The lowest BCUT2D eigenvalue weighted by molar-refractivity contribution is 1.02. The molecule has 0 unspecified atom stereocenters. The smallest absolute Gasteiger partial charge is 0.203 e. The predicted octanol–water partition coefficient (Wildman–Crippen LogP) is 3.34. The molecule has 0 bridgehead atoms. The monoisotopic (exact) mass is 265 g/mol. The number of nitrogens with zero attached hydrogens (tertiary/aromatic N) is 2. The molecule has 0 amide bonds. The van der Waals surface area contributed by atoms with Crippen LogP contribution < -0.4 is 5.73 Å². The molecule has 90 valence electrons. The van der Waals surface area contributed by atoms with Crippen molar-refractivity contribution in [2.75, 3.05) is 5.73 Å². The van der Waals surface area contributed by atoms with E-state index in [1.807, 2.05) is 0 Å². The van der Waals surface area contributed by atoms with Crippen LogP contribution in [0.5, 0.6) is 0 Å². The Hall–Kier alpha value is -1.07. The molecule has 0 radical (unpaired) electrons. The fourth-order valence-electron chi connectivity index (χ4n) is 1.59. The van der Waals surface area contributed by atoms with Gasteiger partial charge in [0.25, 0.3) is 0 Å². The fraction of sp³-hybridized carbons (Fsp3) is 0.333. The molecule has 2 rings (SSSR count). The van der Waals surface area contributed by atoms with Crippen LogP contribution in [0.3, 0.4) is 0 Å². The Morgan fingerprint density at radius 2 is 1.82 bits per heavy atom. The summed E-state index contributed by atoms with van der Waals surface area (Å²) < 4.78 is 0.931. The average Bonchev–Trinajstić information content (AvgIpc) is 2.68. The third-order valence-electron chi connectivity index (χ3n) is 2.73. The van der Waals surface area contributed by atoms with Crippen molar-refractivity contribution in [3.8, 4) is 0 Å². The van der Waals surface area contributed by atoms with Crippen LogP contribution in [-0.4, -0.2) is 10.2 Å². The zero-order valence-corrected chi connectivity index (χ0v) is 11.8. The van der Waals surface area contributed by atoms with E-state index in [1.54, 1.807) is 11.8 Å². The van der Waals surface area contributed by atoms with Gasteiger partial charge in [0.1, 0.15) is 0 Å². The number of anilines is 1. The third kappa shape index (κ3) is 2.98. The molecular formula is C12H15N3S2. The average molecular weight is 265 g/mol. The van der Waals surface area contributed by atoms with Crippen LogP contribution in [0.15, 0.2) is 16.5 Å². The largest absolute Gasteiger partial charge is 0.374 e. The van der Waals surface area contributed by atoms with Crippen LogP contribution in [0.2, 0.25) is 0 Å². The summed E-state index contributed by atoms with van der Waals surface area (Å²) in [7, 11) is 0. The quantitative estimate of drug-likeness (QED) is 0.865. The van der Waals surface area contributed by atoms with Crippen LogP contribution in [0.4, 0.5) is 5.13 Å². The molecule has 0 saturated carbocycles. The van der Waals surface area contributed by atoms with E-state index in [4.69, 9.17) is 5.73 Å². The third-order valence-corrected chi connectivity index (χ3v) is 4.66. The highest BCUT2D eigenvalue weighted by Crippen LogP contribution is 2.28. The van der Waals surface area contributed by atoms with Gasteiger partial charge in [-0.3, -0.25) is 0 Å². The molecule has 3 nitrogen and oxygen atoms in total. The van der Waals surface area contributed by atoms with Gasteiger partial charge in [-0.25, -0.2) is 0 Å². The molecule has 2 N–H and O–H groups in total. The molecule has 5 heteroatoms. The van der Waals surface area contributed by atoms with Crippen molar-refractivity contribution in [1.29, 1.82) is 0 Å². The molecule has 0 aliphatic carbocycles. The molecular weight excluding hydrogens is 250 g/mol. The van der Waals surface area contributed by atoms with E-state index in [2.05, 4.69) is 43.1 Å². The number of benzene rings is 1. The first-order valence-electron chi connectivity index (χ1n) is 5.35. The number of aromatic nitrogens is 2. The van der Waals surface area contributed by atoms with Gasteiger partial charge in [0, 0.05) is 5.75 Å². The summed E-state index contributed by atoms with van der Waals surface area (Å²) in [6.07, 6.45) is 0. The zero-order chi connectivity index (χ0) is 12.4. The SMILES string of the molecule is Cc1cc(C)c(CSc2nnc(N)s2)cc1C. The van der Waals surface area contributed by atoms with Gasteiger partial charge in [-0.2, -0.15) is 0 Å². The van der Waals surface area contributed by atoms with Crippen molar-refractivity contribution in [2.24, 2.45) is 0 Å². The van der Waals surface area contributed by atoms with Gasteiger partial charge < -0.3 is 5.73 Å². The minimum atomic E-state index is 0.532. The Balaban J connectivity index is 2.11. The lowest BCUT2D eigenvalue weighted by Gasteiger charge is -2.08. The van der Waals surface area contributed by atoms with E-state index in [1.165, 1.54) is 33.6 Å². The second-order valence-electron chi connectivity index (χ2n) is 4.06. The van der Waals surface area contributed by atoms with Crippen molar-refractivity contribution >= 4 is 28.2 Å². The summed E-state index contributed by atoms with van der Waals surface area (Å²) in [5.41, 5.74) is 10.9. The number of aryl methyl sites for hydroxylation is 3. The van der Waals surface area contributed by atoms with Crippen LogP contribution >= 0.6 is 23.1 Å². The highest BCUT2D eigenvalue weighted by atomic mass is 32.2. The van der Waals surface area contributed by atoms with E-state index in [0.717, 1.165) is 10.1 Å². The molecule has 2 aromatic rings. The van der Waals surface area contributed by atoms with E-state index in [-0.39, 0.29) is 0 Å². The predicted molar refractivity (Wildman–Crippen MR) is 74.5 cm³/mol. The second-order valence-corrected chi connectivity index (χ2v) is 6.29. The molecule has 1 aromatic heterocycles. The number of rotatable bonds is 3. The molecule has 0 atom stereocenters. The molecule has 0 spiro atoms. The maximum absolute atomic E-state index is 5.55. The summed E-state index contributed by atoms with van der Waals surface area (Å²) in [5, 5.41) is 8.35. The summed E-state index contributed by atoms with van der Waals surface area (Å²) in [6, 6.07) is 4.49. The highest BCUT2D eigenvalue weighted by Gasteiger charge is 2.06. The Kier molecular flexibility index (Phi) is 3.69. The van der Waals surface area contributed by atoms with Crippen molar-refractivity contribution in [3.05, 3.63) is 34.4 Å². The van der Waals surface area contributed by atoms with Gasteiger partial charge in [0.05, 0.1) is 0 Å². The Morgan fingerprint density at radius 1 is 1.12 bits per heavy atom. The summed E-state index contributed by atoms with van der Waals surface area (Å²) >= 11 is 3.13. The molecule has 0 fully saturated rings. The topological polar surface area (TPSA) is 51.8 Å². The number of thioether (sulfide) groups is 1. The molecule has 0 aliphatic heterocycles. The Morgan fingerprint density at radius 3 is 2.47 bits per heavy atom. The molecule has 0 saturated heterocycles. The molecule has 1 heterocycles. The second kappa shape index (κ2) is 5.06. The maximum Gasteiger partial charge on any atom is 0.203 e. The van der Waals surface area contributed by atoms with E-state index < -0.39 is 0 Å². The van der Waals surface area contributed by atoms with E-state index in [0.29, 0.717) is 5.13 Å². The maximum atomic E-state index is 5.55. The first-order valence-corrected chi connectivity index (χ1v) is 7.15. The van der Waals surface area contributed by atoms with Gasteiger partial charge in [0.15, 0.2) is 4.34 Å². The normalized spacial score (nSPS) is 10.8. The van der Waals surface area contributed by atoms with E-state index >= 15 is 0 Å². The Labute approximate surface area is 109 Å². The van der Waals surface area contributed by atoms with Crippen LogP contribution in [0, 0.1) is 20.8 Å². The number of nitrogen functional groups attached to an aromatic ring is 1. The van der Waals surface area contributed by atoms with Crippen molar-refractivity contribution < 1.29 is 0 Å². The fourth-order valence-corrected chi connectivity index (χ4v) is 3.29. The van der Waals surface area contributed by atoms with Gasteiger partial charge in [-0.1, -0.05) is 35.2 Å². The van der Waals surface area contributed by atoms with Gasteiger partial charge in [-0.15, -0.1) is 10.2 Å². The van der Waals surface area contributed by atoms with Crippen molar-refractivity contribution in [2.45, 2.75) is 30.9 Å². The van der Waals surface area contributed by atoms with Crippen molar-refractivity contribution in [3.63, 3.8) is 0 Å². The lowest BCUT2D eigenvalue weighted by atomic mass is 10.0. The molecule has 1 aromatic carbocycles. The summed E-state index contributed by atoms with van der Waals surface area (Å²) in [6.45, 7) is 6.44. The summed E-state index contributed by atoms with van der Waals surface area (Å²) in [5.74, 6) is 0.918. The van der Waals surface area contributed by atoms with Gasteiger partial charge in [-0.05, 0) is 43.0 Å². The first-order chi connectivity index (χ1) is 8.06. The highest BCUT2D eigenvalue weighted by molar-refractivity contribution is 8.00. The van der Waals surface area contributed by atoms with Crippen LogP contribution in [0.25, 0.3) is 0 Å². The molecule has 0 aliphatic rings. The van der Waals surface area contributed by atoms with Gasteiger partial charge >= 0.3 is 0 Å². The van der Waals surface area contributed by atoms with Crippen molar-refractivity contribution in [1.82, 2.24) is 10.2 Å². The standard InChI is InChI=1S/C12H15N3S2/c1-7-4-9(3)10(5-8(7)2)6-16-12-15-14-11(13)17-12/h4-5H,6H2,1-3H3,(H2,13,14). The first kappa shape index (κ1) is 12.4. The summed E-state index contributed by atoms with van der Waals surface area (Å²) in [4.78, 5) is 0. The van der Waals surface area contributed by atoms with Crippen LogP contribution in [-0.2, 0) is 5.75 Å². The molecule has 17 heavy (non-hydrogen) atoms. The number of hydrogen-bond donors (Lipinski definition) is 1. The van der Waals surface area contributed by atoms with Crippen LogP contribution in [0.1, 0.15) is 22.3 Å². The number of nitrogens with two attached hydrogens (primary N) is 1. The van der Waals surface area contributed by atoms with E-state index in [9.17, 15) is 0 Å². The minimum Gasteiger partial charge on any atom is -0.374 e. The minimum absolute atomic E-state index is 0.532. The lowest BCUT2D eigenvalue weighted by Crippen LogP contribution is -1.91.